The number of sulfonamides is 1. The summed E-state index contributed by atoms with van der Waals surface area (Å²) in [6.45, 7) is 4.36. The Morgan fingerprint density at radius 2 is 1.92 bits per heavy atom. The first-order valence-electron chi connectivity index (χ1n) is 8.42. The Morgan fingerprint density at radius 3 is 2.46 bits per heavy atom. The molecule has 1 atom stereocenters. The fraction of sp³-hybridized carbons (Fsp3) is 0.562. The van der Waals surface area contributed by atoms with Gasteiger partial charge in [-0.25, -0.2) is 8.42 Å². The average Bonchev–Trinajstić information content (AvgIpc) is 2.61. The molecule has 1 amide bonds. The molecule has 0 aromatic heterocycles. The quantitative estimate of drug-likeness (QED) is 0.574. The molecular formula is C16H24N4O5S. The van der Waals surface area contributed by atoms with Crippen molar-refractivity contribution in [2.24, 2.45) is 5.73 Å². The van der Waals surface area contributed by atoms with E-state index in [0.717, 1.165) is 12.5 Å². The van der Waals surface area contributed by atoms with E-state index in [1.165, 1.54) is 22.5 Å². The molecule has 0 saturated carbocycles. The molecule has 0 radical (unpaired) electrons. The highest BCUT2D eigenvalue weighted by atomic mass is 32.2. The van der Waals surface area contributed by atoms with E-state index in [0.29, 0.717) is 6.42 Å². The van der Waals surface area contributed by atoms with Gasteiger partial charge in [-0.05, 0) is 19.4 Å². The zero-order chi connectivity index (χ0) is 19.5. The number of rotatable bonds is 6. The standard InChI is InChI=1S/C16H24N4O5S/c1-3-7-16(2,17)15(21)18-8-10-19(11-9-18)26(24,25)14-6-4-5-13(12-14)20(22)23/h4-6,12H,3,7-11,17H2,1-2H3. The molecule has 1 aromatic rings. The largest absolute Gasteiger partial charge is 0.338 e. The van der Waals surface area contributed by atoms with Gasteiger partial charge in [0.2, 0.25) is 15.9 Å². The van der Waals surface area contributed by atoms with Crippen molar-refractivity contribution in [3.05, 3.63) is 34.4 Å². The van der Waals surface area contributed by atoms with Crippen LogP contribution in [-0.2, 0) is 14.8 Å². The summed E-state index contributed by atoms with van der Waals surface area (Å²) in [7, 11) is -3.85. The van der Waals surface area contributed by atoms with Crippen LogP contribution in [-0.4, -0.2) is 60.2 Å². The van der Waals surface area contributed by atoms with Gasteiger partial charge in [0, 0.05) is 38.3 Å². The molecule has 1 aliphatic rings. The van der Waals surface area contributed by atoms with Gasteiger partial charge < -0.3 is 10.6 Å². The van der Waals surface area contributed by atoms with Gasteiger partial charge in [-0.2, -0.15) is 4.31 Å². The summed E-state index contributed by atoms with van der Waals surface area (Å²) in [6, 6.07) is 4.96. The van der Waals surface area contributed by atoms with Crippen molar-refractivity contribution < 1.29 is 18.1 Å². The van der Waals surface area contributed by atoms with E-state index in [1.54, 1.807) is 11.8 Å². The third-order valence-electron chi connectivity index (χ3n) is 4.45. The lowest BCUT2D eigenvalue weighted by Crippen LogP contribution is -2.58. The number of carbonyl (C=O) groups excluding carboxylic acids is 1. The summed E-state index contributed by atoms with van der Waals surface area (Å²) in [4.78, 5) is 24.2. The second-order valence-corrected chi connectivity index (χ2v) is 8.56. The minimum atomic E-state index is -3.85. The molecule has 1 heterocycles. The number of benzene rings is 1. The number of carbonyl (C=O) groups is 1. The van der Waals surface area contributed by atoms with Crippen LogP contribution in [0.3, 0.4) is 0 Å². The Hall–Kier alpha value is -2.04. The monoisotopic (exact) mass is 384 g/mol. The lowest BCUT2D eigenvalue weighted by Gasteiger charge is -2.37. The van der Waals surface area contributed by atoms with Crippen molar-refractivity contribution in [1.82, 2.24) is 9.21 Å². The van der Waals surface area contributed by atoms with E-state index in [4.69, 9.17) is 5.73 Å². The first kappa shape index (κ1) is 20.3. The SMILES string of the molecule is CCCC(C)(N)C(=O)N1CCN(S(=O)(=O)c2cccc([N+](=O)[O-])c2)CC1. The number of hydrogen-bond acceptors (Lipinski definition) is 6. The Kier molecular flexibility index (Phi) is 5.99. The Morgan fingerprint density at radius 1 is 1.31 bits per heavy atom. The number of nitrogens with two attached hydrogens (primary N) is 1. The maximum Gasteiger partial charge on any atom is 0.270 e. The molecule has 1 unspecified atom stereocenters. The van der Waals surface area contributed by atoms with Gasteiger partial charge in [0.1, 0.15) is 0 Å². The van der Waals surface area contributed by atoms with Crippen LogP contribution in [0.25, 0.3) is 0 Å². The van der Waals surface area contributed by atoms with Gasteiger partial charge in [-0.1, -0.05) is 19.4 Å². The first-order valence-corrected chi connectivity index (χ1v) is 9.86. The minimum Gasteiger partial charge on any atom is -0.338 e. The Balaban J connectivity index is 2.10. The van der Waals surface area contributed by atoms with Gasteiger partial charge in [-0.3, -0.25) is 14.9 Å². The van der Waals surface area contributed by atoms with Crippen LogP contribution in [0.4, 0.5) is 5.69 Å². The maximum absolute atomic E-state index is 12.7. The summed E-state index contributed by atoms with van der Waals surface area (Å²) in [5.41, 5.74) is 4.83. The lowest BCUT2D eigenvalue weighted by atomic mass is 9.95. The molecule has 1 aliphatic heterocycles. The van der Waals surface area contributed by atoms with Crippen molar-refractivity contribution in [2.45, 2.75) is 37.1 Å². The molecular weight excluding hydrogens is 360 g/mol. The molecule has 2 rings (SSSR count). The molecule has 2 N–H and O–H groups in total. The minimum absolute atomic E-state index is 0.124. The topological polar surface area (TPSA) is 127 Å². The van der Waals surface area contributed by atoms with Crippen LogP contribution in [0.1, 0.15) is 26.7 Å². The van der Waals surface area contributed by atoms with Crippen molar-refractivity contribution >= 4 is 21.6 Å². The highest BCUT2D eigenvalue weighted by Crippen LogP contribution is 2.23. The van der Waals surface area contributed by atoms with Crippen molar-refractivity contribution in [2.75, 3.05) is 26.2 Å². The molecule has 1 aromatic carbocycles. The second kappa shape index (κ2) is 7.68. The number of non-ortho nitro benzene ring substituents is 1. The number of piperazine rings is 1. The molecule has 0 bridgehead atoms. The summed E-state index contributed by atoms with van der Waals surface area (Å²) in [5, 5.41) is 10.9. The first-order chi connectivity index (χ1) is 12.1. The van der Waals surface area contributed by atoms with Crippen LogP contribution in [0, 0.1) is 10.1 Å². The normalized spacial score (nSPS) is 18.3. The molecule has 10 heteroatoms. The third kappa shape index (κ3) is 4.19. The second-order valence-electron chi connectivity index (χ2n) is 6.62. The fourth-order valence-electron chi connectivity index (χ4n) is 3.03. The van der Waals surface area contributed by atoms with Crippen molar-refractivity contribution in [3.63, 3.8) is 0 Å². The van der Waals surface area contributed by atoms with E-state index in [9.17, 15) is 23.3 Å². The van der Waals surface area contributed by atoms with E-state index in [1.807, 2.05) is 6.92 Å². The van der Waals surface area contributed by atoms with E-state index < -0.39 is 20.5 Å². The van der Waals surface area contributed by atoms with Gasteiger partial charge in [0.15, 0.2) is 0 Å². The predicted molar refractivity (Wildman–Crippen MR) is 95.9 cm³/mol. The predicted octanol–water partition coefficient (Wildman–Crippen LogP) is 0.945. The zero-order valence-electron chi connectivity index (χ0n) is 14.9. The molecule has 0 spiro atoms. The summed E-state index contributed by atoms with van der Waals surface area (Å²) in [5.74, 6) is -0.188. The highest BCUT2D eigenvalue weighted by Gasteiger charge is 2.36. The molecule has 9 nitrogen and oxygen atoms in total. The number of hydrogen-bond donors (Lipinski definition) is 1. The van der Waals surface area contributed by atoms with Gasteiger partial charge in [0.25, 0.3) is 5.69 Å². The molecule has 26 heavy (non-hydrogen) atoms. The number of amides is 1. The van der Waals surface area contributed by atoms with Crippen LogP contribution in [0.2, 0.25) is 0 Å². The van der Waals surface area contributed by atoms with Crippen LogP contribution in [0.5, 0.6) is 0 Å². The van der Waals surface area contributed by atoms with Crippen LogP contribution >= 0.6 is 0 Å². The van der Waals surface area contributed by atoms with E-state index >= 15 is 0 Å². The maximum atomic E-state index is 12.7. The van der Waals surface area contributed by atoms with Crippen molar-refractivity contribution in [3.8, 4) is 0 Å². The average molecular weight is 384 g/mol. The van der Waals surface area contributed by atoms with Gasteiger partial charge in [0.05, 0.1) is 15.4 Å². The highest BCUT2D eigenvalue weighted by molar-refractivity contribution is 7.89. The number of nitro benzene ring substituents is 1. The zero-order valence-corrected chi connectivity index (χ0v) is 15.7. The summed E-state index contributed by atoms with van der Waals surface area (Å²) >= 11 is 0. The van der Waals surface area contributed by atoms with Crippen molar-refractivity contribution in [1.29, 1.82) is 0 Å². The van der Waals surface area contributed by atoms with E-state index in [2.05, 4.69) is 0 Å². The smallest absolute Gasteiger partial charge is 0.270 e. The Labute approximate surface area is 153 Å². The molecule has 144 valence electrons. The molecule has 1 fully saturated rings. The summed E-state index contributed by atoms with van der Waals surface area (Å²) < 4.78 is 26.7. The number of nitrogens with zero attached hydrogens (tertiary/aromatic N) is 3. The molecule has 0 aliphatic carbocycles. The van der Waals surface area contributed by atoms with Crippen LogP contribution in [0.15, 0.2) is 29.2 Å². The third-order valence-corrected chi connectivity index (χ3v) is 6.34. The lowest BCUT2D eigenvalue weighted by molar-refractivity contribution is -0.385. The summed E-state index contributed by atoms with van der Waals surface area (Å²) in [6.07, 6.45) is 1.33. The van der Waals surface area contributed by atoms with Gasteiger partial charge >= 0.3 is 0 Å². The Bertz CT molecular complexity index is 786. The van der Waals surface area contributed by atoms with Crippen LogP contribution < -0.4 is 5.73 Å². The molecule has 1 saturated heterocycles. The fourth-order valence-corrected chi connectivity index (χ4v) is 4.49. The van der Waals surface area contributed by atoms with Gasteiger partial charge in [-0.15, -0.1) is 0 Å². The van der Waals surface area contributed by atoms with E-state index in [-0.39, 0.29) is 42.7 Å². The number of nitro groups is 1.